The number of carbonyl (C=O) groups is 1. The molecule has 6 heteroatoms. The Bertz CT molecular complexity index is 619. The summed E-state index contributed by atoms with van der Waals surface area (Å²) in [7, 11) is 1.54. The Balaban J connectivity index is 3.21. The highest BCUT2D eigenvalue weighted by atomic mass is 79.9. The average molecular weight is 367 g/mol. The summed E-state index contributed by atoms with van der Waals surface area (Å²) >= 11 is 3.41. The van der Waals surface area contributed by atoms with Crippen molar-refractivity contribution < 1.29 is 14.3 Å². The minimum Gasteiger partial charge on any atom is -0.493 e. The lowest BCUT2D eigenvalue weighted by Crippen LogP contribution is -2.30. The highest BCUT2D eigenvalue weighted by Gasteiger charge is 2.13. The Hall–Kier alpha value is -2.00. The molecule has 0 heterocycles. The summed E-state index contributed by atoms with van der Waals surface area (Å²) in [4.78, 5) is 11.9. The van der Waals surface area contributed by atoms with Crippen LogP contribution >= 0.6 is 15.9 Å². The number of amides is 1. The summed E-state index contributed by atoms with van der Waals surface area (Å²) in [5.74, 6) is 0.720. The van der Waals surface area contributed by atoms with Gasteiger partial charge in [-0.1, -0.05) is 0 Å². The van der Waals surface area contributed by atoms with Gasteiger partial charge in [0.25, 0.3) is 5.91 Å². The lowest BCUT2D eigenvalue weighted by atomic mass is 10.1. The van der Waals surface area contributed by atoms with Gasteiger partial charge < -0.3 is 14.8 Å². The van der Waals surface area contributed by atoms with Gasteiger partial charge in [0.2, 0.25) is 0 Å². The van der Waals surface area contributed by atoms with Gasteiger partial charge in [0, 0.05) is 6.04 Å². The molecule has 1 aromatic rings. The zero-order valence-corrected chi connectivity index (χ0v) is 14.7. The molecule has 0 unspecified atom stereocenters. The van der Waals surface area contributed by atoms with Crippen LogP contribution in [0.5, 0.6) is 11.5 Å². The molecule has 118 valence electrons. The van der Waals surface area contributed by atoms with Gasteiger partial charge in [-0.05, 0) is 60.5 Å². The molecule has 1 amide bonds. The van der Waals surface area contributed by atoms with Crippen molar-refractivity contribution >= 4 is 27.9 Å². The zero-order chi connectivity index (χ0) is 16.7. The second kappa shape index (κ2) is 8.44. The highest BCUT2D eigenvalue weighted by Crippen LogP contribution is 2.37. The highest BCUT2D eigenvalue weighted by molar-refractivity contribution is 9.10. The number of nitriles is 1. The second-order valence-electron chi connectivity index (χ2n) is 4.77. The Kier molecular flexibility index (Phi) is 6.93. The average Bonchev–Trinajstić information content (AvgIpc) is 2.46. The zero-order valence-electron chi connectivity index (χ0n) is 13.1. The van der Waals surface area contributed by atoms with E-state index in [2.05, 4.69) is 21.2 Å². The summed E-state index contributed by atoms with van der Waals surface area (Å²) in [5.41, 5.74) is 0.703. The van der Waals surface area contributed by atoms with Crippen molar-refractivity contribution in [2.75, 3.05) is 13.7 Å². The van der Waals surface area contributed by atoms with E-state index in [0.29, 0.717) is 28.1 Å². The van der Waals surface area contributed by atoms with Crippen molar-refractivity contribution in [2.45, 2.75) is 26.8 Å². The molecule has 1 N–H and O–H groups in total. The molecule has 0 atom stereocenters. The smallest absolute Gasteiger partial charge is 0.262 e. The van der Waals surface area contributed by atoms with Crippen molar-refractivity contribution in [2.24, 2.45) is 0 Å². The molecular weight excluding hydrogens is 348 g/mol. The second-order valence-corrected chi connectivity index (χ2v) is 5.62. The Morgan fingerprint density at radius 2 is 2.18 bits per heavy atom. The number of halogens is 1. The fraction of sp³-hybridized carbons (Fsp3) is 0.375. The van der Waals surface area contributed by atoms with Crippen LogP contribution in [0.2, 0.25) is 0 Å². The standard InChI is InChI=1S/C16H19BrN2O3/c1-5-22-15-13(17)7-11(8-14(15)21-4)6-12(9-18)16(20)19-10(2)3/h6-8,10H,5H2,1-4H3,(H,19,20)/b12-6-. The van der Waals surface area contributed by atoms with Gasteiger partial charge in [0.15, 0.2) is 11.5 Å². The maximum atomic E-state index is 11.9. The number of nitrogens with zero attached hydrogens (tertiary/aromatic N) is 1. The monoisotopic (exact) mass is 366 g/mol. The van der Waals surface area contributed by atoms with Crippen LogP contribution in [0.15, 0.2) is 22.2 Å². The van der Waals surface area contributed by atoms with Crippen LogP contribution in [-0.2, 0) is 4.79 Å². The Morgan fingerprint density at radius 3 is 2.68 bits per heavy atom. The van der Waals surface area contributed by atoms with Crippen LogP contribution in [0.4, 0.5) is 0 Å². The summed E-state index contributed by atoms with van der Waals surface area (Å²) in [5, 5.41) is 11.9. The molecular formula is C16H19BrN2O3. The molecule has 0 radical (unpaired) electrons. The predicted molar refractivity (Wildman–Crippen MR) is 88.7 cm³/mol. The van der Waals surface area contributed by atoms with Crippen LogP contribution in [0.25, 0.3) is 6.08 Å². The van der Waals surface area contributed by atoms with Gasteiger partial charge >= 0.3 is 0 Å². The van der Waals surface area contributed by atoms with Crippen LogP contribution in [0.1, 0.15) is 26.3 Å². The van der Waals surface area contributed by atoms with Gasteiger partial charge in [0.05, 0.1) is 18.2 Å². The molecule has 0 aliphatic rings. The van der Waals surface area contributed by atoms with E-state index in [1.165, 1.54) is 13.2 Å². The molecule has 1 aromatic carbocycles. The van der Waals surface area contributed by atoms with E-state index in [0.717, 1.165) is 0 Å². The van der Waals surface area contributed by atoms with E-state index >= 15 is 0 Å². The van der Waals surface area contributed by atoms with Gasteiger partial charge in [-0.2, -0.15) is 5.26 Å². The number of methoxy groups -OCH3 is 1. The normalized spacial score (nSPS) is 11.0. The first-order chi connectivity index (χ1) is 10.4. The van der Waals surface area contributed by atoms with E-state index in [-0.39, 0.29) is 11.6 Å². The number of ether oxygens (including phenoxy) is 2. The first kappa shape index (κ1) is 18.1. The first-order valence-corrected chi connectivity index (χ1v) is 7.65. The molecule has 1 rings (SSSR count). The number of rotatable bonds is 6. The van der Waals surface area contributed by atoms with Crippen molar-refractivity contribution in [1.29, 1.82) is 5.26 Å². The fourth-order valence-electron chi connectivity index (χ4n) is 1.76. The summed E-state index contributed by atoms with van der Waals surface area (Å²) < 4.78 is 11.5. The van der Waals surface area contributed by atoms with E-state index in [9.17, 15) is 4.79 Å². The number of hydrogen-bond donors (Lipinski definition) is 1. The molecule has 0 fully saturated rings. The summed E-state index contributed by atoms with van der Waals surface area (Å²) in [6, 6.07) is 5.37. The molecule has 0 aliphatic heterocycles. The van der Waals surface area contributed by atoms with Crippen LogP contribution in [-0.4, -0.2) is 25.7 Å². The van der Waals surface area contributed by atoms with Crippen molar-refractivity contribution in [3.8, 4) is 17.6 Å². The number of hydrogen-bond acceptors (Lipinski definition) is 4. The van der Waals surface area contributed by atoms with Crippen LogP contribution in [0.3, 0.4) is 0 Å². The van der Waals surface area contributed by atoms with E-state index < -0.39 is 5.91 Å². The molecule has 5 nitrogen and oxygen atoms in total. The van der Waals surface area contributed by atoms with Crippen LogP contribution < -0.4 is 14.8 Å². The van der Waals surface area contributed by atoms with Gasteiger partial charge in [0.1, 0.15) is 11.6 Å². The van der Waals surface area contributed by atoms with Gasteiger partial charge in [-0.15, -0.1) is 0 Å². The van der Waals surface area contributed by atoms with Crippen molar-refractivity contribution in [3.63, 3.8) is 0 Å². The first-order valence-electron chi connectivity index (χ1n) is 6.85. The Labute approximate surface area is 139 Å². The minimum atomic E-state index is -0.401. The number of carbonyl (C=O) groups excluding carboxylic acids is 1. The maximum Gasteiger partial charge on any atom is 0.262 e. The van der Waals surface area contributed by atoms with Gasteiger partial charge in [-0.3, -0.25) is 4.79 Å². The topological polar surface area (TPSA) is 71.3 Å². The van der Waals surface area contributed by atoms with E-state index in [4.69, 9.17) is 14.7 Å². The van der Waals surface area contributed by atoms with Crippen molar-refractivity contribution in [1.82, 2.24) is 5.32 Å². The fourth-order valence-corrected chi connectivity index (χ4v) is 2.34. The van der Waals surface area contributed by atoms with Gasteiger partial charge in [-0.25, -0.2) is 0 Å². The molecule has 0 saturated heterocycles. The molecule has 0 aromatic heterocycles. The number of benzene rings is 1. The number of nitrogens with one attached hydrogen (secondary N) is 1. The third kappa shape index (κ3) is 4.78. The molecule has 22 heavy (non-hydrogen) atoms. The maximum absolute atomic E-state index is 11.9. The Morgan fingerprint density at radius 1 is 1.50 bits per heavy atom. The lowest BCUT2D eigenvalue weighted by Gasteiger charge is -2.12. The van der Waals surface area contributed by atoms with E-state index in [1.54, 1.807) is 12.1 Å². The van der Waals surface area contributed by atoms with Crippen molar-refractivity contribution in [3.05, 3.63) is 27.7 Å². The van der Waals surface area contributed by atoms with Crippen LogP contribution in [0, 0.1) is 11.3 Å². The molecule has 0 saturated carbocycles. The third-order valence-corrected chi connectivity index (χ3v) is 3.23. The summed E-state index contributed by atoms with van der Waals surface area (Å²) in [6.45, 7) is 6.06. The molecule has 0 spiro atoms. The largest absolute Gasteiger partial charge is 0.493 e. The lowest BCUT2D eigenvalue weighted by molar-refractivity contribution is -0.117. The predicted octanol–water partition coefficient (Wildman–Crippen LogP) is 3.29. The summed E-state index contributed by atoms with van der Waals surface area (Å²) in [6.07, 6.45) is 1.51. The molecule has 0 bridgehead atoms. The quantitative estimate of drug-likeness (QED) is 0.619. The molecule has 0 aliphatic carbocycles. The van der Waals surface area contributed by atoms with E-state index in [1.807, 2.05) is 26.8 Å². The third-order valence-electron chi connectivity index (χ3n) is 2.64. The SMILES string of the molecule is CCOc1c(Br)cc(/C=C(/C#N)C(=O)NC(C)C)cc1OC. The minimum absolute atomic E-state index is 0.0341.